The second-order valence-electron chi connectivity index (χ2n) is 8.95. The van der Waals surface area contributed by atoms with Gasteiger partial charge in [-0.05, 0) is 36.1 Å². The molecule has 3 heterocycles. The number of aromatic nitrogens is 2. The number of ether oxygens (including phenoxy) is 2. The van der Waals surface area contributed by atoms with Crippen molar-refractivity contribution < 1.29 is 22.7 Å². The van der Waals surface area contributed by atoms with E-state index in [0.717, 1.165) is 17.7 Å². The number of hydrogen-bond acceptors (Lipinski definition) is 8. The van der Waals surface area contributed by atoms with Gasteiger partial charge in [0.2, 0.25) is 5.88 Å². The Morgan fingerprint density at radius 1 is 1.15 bits per heavy atom. The molecule has 10 heteroatoms. The van der Waals surface area contributed by atoms with Crippen LogP contribution in [0, 0.1) is 5.92 Å². The van der Waals surface area contributed by atoms with Gasteiger partial charge in [-0.1, -0.05) is 13.8 Å². The van der Waals surface area contributed by atoms with Gasteiger partial charge in [0.25, 0.3) is 0 Å². The van der Waals surface area contributed by atoms with Gasteiger partial charge < -0.3 is 19.3 Å². The van der Waals surface area contributed by atoms with Crippen LogP contribution in [0.25, 0.3) is 0 Å². The largest absolute Gasteiger partial charge is 0.474 e. The van der Waals surface area contributed by atoms with Crippen molar-refractivity contribution in [1.82, 2.24) is 14.9 Å². The number of piperidine rings is 1. The number of rotatable bonds is 6. The van der Waals surface area contributed by atoms with Crippen LogP contribution in [0.5, 0.6) is 5.88 Å². The lowest BCUT2D eigenvalue weighted by Gasteiger charge is -2.31. The Balaban J connectivity index is 1.38. The number of sulfone groups is 1. The molecule has 0 unspecified atom stereocenters. The van der Waals surface area contributed by atoms with Crippen LogP contribution in [0.4, 0.5) is 16.3 Å². The molecule has 1 amide bonds. The van der Waals surface area contributed by atoms with Gasteiger partial charge in [-0.25, -0.2) is 23.2 Å². The molecule has 0 radical (unpaired) electrons. The summed E-state index contributed by atoms with van der Waals surface area (Å²) in [6, 6.07) is 7.01. The van der Waals surface area contributed by atoms with Gasteiger partial charge in [-0.3, -0.25) is 0 Å². The smallest absolute Gasteiger partial charge is 0.409 e. The number of amides is 1. The van der Waals surface area contributed by atoms with Gasteiger partial charge in [0.1, 0.15) is 18.2 Å². The van der Waals surface area contributed by atoms with Crippen LogP contribution < -0.4 is 9.64 Å². The molecular formula is C23H30N4O5S. The minimum Gasteiger partial charge on any atom is -0.474 e. The summed E-state index contributed by atoms with van der Waals surface area (Å²) in [5.74, 6) is 1.51. The fraction of sp³-hybridized carbons (Fsp3) is 0.522. The van der Waals surface area contributed by atoms with Crippen molar-refractivity contribution in [1.29, 1.82) is 0 Å². The van der Waals surface area contributed by atoms with Crippen LogP contribution in [0.3, 0.4) is 0 Å². The Kier molecular flexibility index (Phi) is 6.73. The van der Waals surface area contributed by atoms with Crippen LogP contribution >= 0.6 is 0 Å². The summed E-state index contributed by atoms with van der Waals surface area (Å²) in [6.07, 6.45) is 4.54. The number of carbonyl (C=O) groups is 1. The second-order valence-corrected chi connectivity index (χ2v) is 11.0. The van der Waals surface area contributed by atoms with Crippen molar-refractivity contribution >= 4 is 27.4 Å². The van der Waals surface area contributed by atoms with Crippen molar-refractivity contribution in [2.45, 2.75) is 44.1 Å². The molecule has 0 N–H and O–H groups in total. The molecule has 0 saturated carbocycles. The third kappa shape index (κ3) is 5.55. The van der Waals surface area contributed by atoms with Crippen LogP contribution in [0.15, 0.2) is 35.5 Å². The molecule has 2 aromatic rings. The maximum Gasteiger partial charge on any atom is 0.409 e. The Morgan fingerprint density at radius 3 is 2.61 bits per heavy atom. The monoisotopic (exact) mass is 474 g/mol. The zero-order valence-corrected chi connectivity index (χ0v) is 20.0. The zero-order chi connectivity index (χ0) is 23.6. The lowest BCUT2D eigenvalue weighted by molar-refractivity contribution is 0.0606. The summed E-state index contributed by atoms with van der Waals surface area (Å²) in [5.41, 5.74) is 1.93. The SMILES string of the molecule is CC(C)COC(=O)N1CCC(Oc2cc(N3CCc4cc(S(C)(=O)=O)ccc43)ncn2)CC1. The van der Waals surface area contributed by atoms with Crippen molar-refractivity contribution in [3.8, 4) is 5.88 Å². The molecule has 9 nitrogen and oxygen atoms in total. The van der Waals surface area contributed by atoms with E-state index in [-0.39, 0.29) is 12.2 Å². The summed E-state index contributed by atoms with van der Waals surface area (Å²) < 4.78 is 35.1. The first-order valence-electron chi connectivity index (χ1n) is 11.2. The molecule has 0 atom stereocenters. The minimum absolute atomic E-state index is 0.0370. The lowest BCUT2D eigenvalue weighted by atomic mass is 10.1. The van der Waals surface area contributed by atoms with E-state index >= 15 is 0 Å². The van der Waals surface area contributed by atoms with Gasteiger partial charge in [0.05, 0.1) is 11.5 Å². The number of fused-ring (bicyclic) bond motifs is 1. The normalized spacial score (nSPS) is 16.7. The van der Waals surface area contributed by atoms with E-state index in [1.54, 1.807) is 17.0 Å². The molecule has 2 aliphatic heterocycles. The van der Waals surface area contributed by atoms with Crippen LogP contribution in [0.2, 0.25) is 0 Å². The molecule has 4 rings (SSSR count). The fourth-order valence-corrected chi connectivity index (χ4v) is 4.72. The molecular weight excluding hydrogens is 444 g/mol. The highest BCUT2D eigenvalue weighted by atomic mass is 32.2. The van der Waals surface area contributed by atoms with Crippen LogP contribution in [0.1, 0.15) is 32.3 Å². The summed E-state index contributed by atoms with van der Waals surface area (Å²) >= 11 is 0. The number of anilines is 2. The predicted octanol–water partition coefficient (Wildman–Crippen LogP) is 3.21. The maximum atomic E-state index is 12.1. The van der Waals surface area contributed by atoms with Gasteiger partial charge in [-0.2, -0.15) is 0 Å². The summed E-state index contributed by atoms with van der Waals surface area (Å²) in [6.45, 7) is 6.32. The average Bonchev–Trinajstić information content (AvgIpc) is 3.21. The maximum absolute atomic E-state index is 12.1. The third-order valence-corrected chi connectivity index (χ3v) is 6.92. The van der Waals surface area contributed by atoms with E-state index in [1.165, 1.54) is 12.6 Å². The number of nitrogens with zero attached hydrogens (tertiary/aromatic N) is 4. The highest BCUT2D eigenvalue weighted by molar-refractivity contribution is 7.90. The van der Waals surface area contributed by atoms with Crippen LogP contribution in [-0.2, 0) is 21.0 Å². The molecule has 1 aromatic heterocycles. The number of benzene rings is 1. The van der Waals surface area contributed by atoms with Crippen molar-refractivity contribution in [2.75, 3.05) is 37.4 Å². The molecule has 2 aliphatic rings. The predicted molar refractivity (Wildman–Crippen MR) is 124 cm³/mol. The number of likely N-dealkylation sites (tertiary alicyclic amines) is 1. The standard InChI is InChI=1S/C23H30N4O5S/c1-16(2)14-31-23(28)26-9-7-18(8-10-26)32-22-13-21(24-15-25-22)27-11-6-17-12-19(33(3,29)30)4-5-20(17)27/h4-5,12-13,15-16,18H,6-11,14H2,1-3H3. The van der Waals surface area contributed by atoms with E-state index in [1.807, 2.05) is 30.9 Å². The van der Waals surface area contributed by atoms with Crippen molar-refractivity contribution in [2.24, 2.45) is 5.92 Å². The Labute approximate surface area is 194 Å². The molecule has 1 saturated heterocycles. The minimum atomic E-state index is -3.24. The van der Waals surface area contributed by atoms with E-state index < -0.39 is 9.84 Å². The van der Waals surface area contributed by atoms with Gasteiger partial charge in [0, 0.05) is 50.5 Å². The lowest BCUT2D eigenvalue weighted by Crippen LogP contribution is -2.42. The molecule has 0 bridgehead atoms. The van der Waals surface area contributed by atoms with E-state index in [9.17, 15) is 13.2 Å². The second kappa shape index (κ2) is 9.54. The first kappa shape index (κ1) is 23.3. The Morgan fingerprint density at radius 2 is 1.91 bits per heavy atom. The Bertz CT molecular complexity index is 1110. The first-order valence-corrected chi connectivity index (χ1v) is 13.1. The first-order chi connectivity index (χ1) is 15.7. The Hall–Kier alpha value is -2.88. The highest BCUT2D eigenvalue weighted by Gasteiger charge is 2.27. The van der Waals surface area contributed by atoms with Gasteiger partial charge in [-0.15, -0.1) is 0 Å². The topological polar surface area (TPSA) is 102 Å². The number of carbonyl (C=O) groups excluding carboxylic acids is 1. The highest BCUT2D eigenvalue weighted by Crippen LogP contribution is 2.35. The molecule has 33 heavy (non-hydrogen) atoms. The summed E-state index contributed by atoms with van der Waals surface area (Å²) in [5, 5.41) is 0. The van der Waals surface area contributed by atoms with Gasteiger partial charge in [0.15, 0.2) is 9.84 Å². The number of hydrogen-bond donors (Lipinski definition) is 0. The van der Waals surface area contributed by atoms with Crippen molar-refractivity contribution in [3.63, 3.8) is 0 Å². The summed E-state index contributed by atoms with van der Waals surface area (Å²) in [7, 11) is -3.24. The van der Waals surface area contributed by atoms with E-state index in [2.05, 4.69) is 9.97 Å². The average molecular weight is 475 g/mol. The fourth-order valence-electron chi connectivity index (χ4n) is 4.04. The third-order valence-electron chi connectivity index (χ3n) is 5.81. The molecule has 178 valence electrons. The zero-order valence-electron chi connectivity index (χ0n) is 19.2. The molecule has 1 fully saturated rings. The van der Waals surface area contributed by atoms with Crippen molar-refractivity contribution in [3.05, 3.63) is 36.2 Å². The quantitative estimate of drug-likeness (QED) is 0.629. The molecule has 0 spiro atoms. The van der Waals surface area contributed by atoms with Crippen LogP contribution in [-0.4, -0.2) is 68.0 Å². The van der Waals surface area contributed by atoms with E-state index in [4.69, 9.17) is 9.47 Å². The van der Waals surface area contributed by atoms with E-state index in [0.29, 0.717) is 61.6 Å². The molecule has 0 aliphatic carbocycles. The van der Waals surface area contributed by atoms with Gasteiger partial charge >= 0.3 is 6.09 Å². The summed E-state index contributed by atoms with van der Waals surface area (Å²) in [4.78, 5) is 24.9. The molecule has 1 aromatic carbocycles.